The van der Waals surface area contributed by atoms with Crippen LogP contribution in [0.15, 0.2) is 170 Å². The van der Waals surface area contributed by atoms with Crippen LogP contribution in [0.3, 0.4) is 0 Å². The van der Waals surface area contributed by atoms with E-state index < -0.39 is 11.6 Å². The molecule has 8 rings (SSSR count). The minimum absolute atomic E-state index is 0.203. The molecule has 0 amide bonds. The van der Waals surface area contributed by atoms with Crippen molar-refractivity contribution in [2.24, 2.45) is 5.41 Å². The van der Waals surface area contributed by atoms with Gasteiger partial charge in [-0.05, 0) is 198 Å². The smallest absolute Gasteiger partial charge is 0.488 e. The van der Waals surface area contributed by atoms with E-state index in [1.54, 1.807) is 0 Å². The zero-order valence-electron chi connectivity index (χ0n) is 46.8. The van der Waals surface area contributed by atoms with Gasteiger partial charge in [0.1, 0.15) is 28.6 Å². The lowest BCUT2D eigenvalue weighted by Gasteiger charge is -2.38. The number of ether oxygens (including phenoxy) is 4. The maximum Gasteiger partial charge on any atom is 0.519 e. The quantitative estimate of drug-likeness (QED) is 0.0220. The Morgan fingerprint density at radius 3 is 1.42 bits per heavy atom. The summed E-state index contributed by atoms with van der Waals surface area (Å²) >= 11 is 0. The molecule has 0 spiro atoms. The van der Waals surface area contributed by atoms with E-state index in [1.165, 1.54) is 55.2 Å². The fourth-order valence-corrected chi connectivity index (χ4v) is 10.3. The molecule has 1 aliphatic carbocycles. The number of hydrogen-bond acceptors (Lipinski definition) is 7. The second kappa shape index (κ2) is 25.6. The van der Waals surface area contributed by atoms with Gasteiger partial charge in [-0.25, -0.2) is 4.79 Å². The fourth-order valence-electron chi connectivity index (χ4n) is 10.3. The molecule has 0 aliphatic heterocycles. The highest BCUT2D eigenvalue weighted by Gasteiger charge is 2.36. The van der Waals surface area contributed by atoms with Gasteiger partial charge in [-0.2, -0.15) is 0 Å². The first-order valence-electron chi connectivity index (χ1n) is 28.1. The number of aryl methyl sites for hydroxylation is 2. The van der Waals surface area contributed by atoms with Gasteiger partial charge in [0, 0.05) is 22.5 Å². The Bertz CT molecular complexity index is 2970. The van der Waals surface area contributed by atoms with Crippen molar-refractivity contribution in [2.45, 2.75) is 150 Å². The third kappa shape index (κ3) is 14.8. The van der Waals surface area contributed by atoms with E-state index in [-0.39, 0.29) is 17.0 Å². The summed E-state index contributed by atoms with van der Waals surface area (Å²) in [7, 11) is 0. The molecule has 7 heteroatoms. The Morgan fingerprint density at radius 2 is 0.935 bits per heavy atom. The third-order valence-electron chi connectivity index (χ3n) is 15.5. The second-order valence-corrected chi connectivity index (χ2v) is 22.4. The molecule has 1 aliphatic rings. The van der Waals surface area contributed by atoms with Crippen molar-refractivity contribution in [3.05, 3.63) is 209 Å². The van der Waals surface area contributed by atoms with Gasteiger partial charge < -0.3 is 23.8 Å². The van der Waals surface area contributed by atoms with Gasteiger partial charge >= 0.3 is 12.1 Å². The van der Waals surface area contributed by atoms with E-state index in [9.17, 15) is 9.59 Å². The van der Waals surface area contributed by atoms with Crippen molar-refractivity contribution < 1.29 is 28.5 Å². The van der Waals surface area contributed by atoms with Gasteiger partial charge in [0.15, 0.2) is 0 Å². The number of anilines is 3. The van der Waals surface area contributed by atoms with Gasteiger partial charge in [0.05, 0.1) is 5.41 Å². The Kier molecular flexibility index (Phi) is 18.6. The number of nitrogens with zero attached hydrogens (tertiary/aromatic N) is 1. The van der Waals surface area contributed by atoms with Crippen molar-refractivity contribution in [2.75, 3.05) is 4.90 Å². The summed E-state index contributed by atoms with van der Waals surface area (Å²) in [5.41, 5.74) is 11.0. The van der Waals surface area contributed by atoms with Crippen LogP contribution in [0.2, 0.25) is 0 Å². The van der Waals surface area contributed by atoms with Crippen molar-refractivity contribution in [3.8, 4) is 23.0 Å². The van der Waals surface area contributed by atoms with Crippen LogP contribution in [0, 0.1) is 19.3 Å². The van der Waals surface area contributed by atoms with Crippen LogP contribution in [0.1, 0.15) is 164 Å². The van der Waals surface area contributed by atoms with E-state index in [1.807, 2.05) is 69.3 Å². The molecular weight excluding hydrogens is 951 g/mol. The molecule has 0 saturated heterocycles. The lowest BCUT2D eigenvalue weighted by molar-refractivity contribution is -0.144. The summed E-state index contributed by atoms with van der Waals surface area (Å²) in [6.45, 7) is 16.6. The Labute approximate surface area is 459 Å². The first-order chi connectivity index (χ1) is 37.1. The Balaban J connectivity index is 0.993. The molecule has 7 nitrogen and oxygen atoms in total. The Morgan fingerprint density at radius 1 is 0.506 bits per heavy atom. The van der Waals surface area contributed by atoms with Crippen molar-refractivity contribution in [3.63, 3.8) is 0 Å². The van der Waals surface area contributed by atoms with Crippen molar-refractivity contribution in [1.82, 2.24) is 0 Å². The van der Waals surface area contributed by atoms with Crippen molar-refractivity contribution >= 4 is 40.8 Å². The van der Waals surface area contributed by atoms with E-state index in [0.29, 0.717) is 23.7 Å². The van der Waals surface area contributed by atoms with Gasteiger partial charge in [0.2, 0.25) is 0 Å². The fraction of sp³-hybridized carbons (Fsp3) is 0.343. The predicted octanol–water partition coefficient (Wildman–Crippen LogP) is 19.4. The normalized spacial score (nSPS) is 13.6. The molecule has 400 valence electrons. The van der Waals surface area contributed by atoms with Crippen LogP contribution in [0.25, 0.3) is 11.6 Å². The molecule has 7 aromatic rings. The van der Waals surface area contributed by atoms with Gasteiger partial charge in [-0.1, -0.05) is 161 Å². The maximum atomic E-state index is 13.3. The predicted molar refractivity (Wildman–Crippen MR) is 316 cm³/mol. The van der Waals surface area contributed by atoms with E-state index in [4.69, 9.17) is 18.9 Å². The standard InChI is InChI=1S/C70H79NO6/c1-9-11-12-13-14-16-47-69(7,8)77-64-41-27-55(28-42-64)65(50-53-23-37-60(38-24-53)71(58-33-19-51(3)20-34-58)59-35-21-52(4)22-36-59)54-25-39-62(40-26-54)75-67(73)76-63-45-31-57(32-46-63)70(48-17-15-18-49-70)56-29-43-61(44-30-56)74-66(72)68(5,6)10-2/h19-46,50H,9-18,47-49H2,1-8H3. The van der Waals surface area contributed by atoms with Crippen LogP contribution in [-0.4, -0.2) is 17.7 Å². The monoisotopic (exact) mass is 1030 g/mol. The zero-order valence-corrected chi connectivity index (χ0v) is 46.8. The number of unbranched alkanes of at least 4 members (excludes halogenated alkanes) is 5. The molecule has 0 bridgehead atoms. The molecule has 0 atom stereocenters. The maximum absolute atomic E-state index is 13.3. The SMILES string of the molecule is CCCCCCCCC(C)(C)Oc1ccc(C(=Cc2ccc(N(c3ccc(C)cc3)c3ccc(C)cc3)cc2)c2ccc(OC(=O)Oc3ccc(C4(c5ccc(OC(=O)C(C)(C)CC)cc5)CCCCC4)cc3)cc2)cc1. The van der Waals surface area contributed by atoms with Gasteiger partial charge in [0.25, 0.3) is 0 Å². The number of carbonyl (C=O) groups excluding carboxylic acids is 2. The second-order valence-electron chi connectivity index (χ2n) is 22.4. The van der Waals surface area contributed by atoms with Crippen LogP contribution < -0.4 is 23.8 Å². The lowest BCUT2D eigenvalue weighted by Crippen LogP contribution is -2.30. The molecular formula is C70H79NO6. The van der Waals surface area contributed by atoms with E-state index in [2.05, 4.69) is 167 Å². The molecule has 0 radical (unpaired) electrons. The van der Waals surface area contributed by atoms with Crippen LogP contribution >= 0.6 is 0 Å². The first-order valence-corrected chi connectivity index (χ1v) is 28.1. The minimum atomic E-state index is -0.814. The molecule has 0 N–H and O–H groups in total. The summed E-state index contributed by atoms with van der Waals surface area (Å²) in [6, 6.07) is 57.7. The molecule has 0 heterocycles. The molecule has 1 saturated carbocycles. The van der Waals surface area contributed by atoms with Gasteiger partial charge in [-0.3, -0.25) is 4.79 Å². The number of carbonyl (C=O) groups is 2. The highest BCUT2D eigenvalue weighted by molar-refractivity contribution is 5.92. The highest BCUT2D eigenvalue weighted by Crippen LogP contribution is 2.46. The zero-order chi connectivity index (χ0) is 54.4. The first kappa shape index (κ1) is 55.8. The van der Waals surface area contributed by atoms with Crippen LogP contribution in [-0.2, 0) is 10.2 Å². The van der Waals surface area contributed by atoms with Crippen LogP contribution in [0.5, 0.6) is 23.0 Å². The Hall–Kier alpha value is -7.38. The van der Waals surface area contributed by atoms with E-state index >= 15 is 0 Å². The number of hydrogen-bond donors (Lipinski definition) is 0. The lowest BCUT2D eigenvalue weighted by atomic mass is 9.65. The highest BCUT2D eigenvalue weighted by atomic mass is 16.7. The minimum Gasteiger partial charge on any atom is -0.488 e. The van der Waals surface area contributed by atoms with Crippen molar-refractivity contribution in [1.29, 1.82) is 0 Å². The van der Waals surface area contributed by atoms with Crippen LogP contribution in [0.4, 0.5) is 21.9 Å². The van der Waals surface area contributed by atoms with E-state index in [0.717, 1.165) is 89.2 Å². The average molecular weight is 1030 g/mol. The summed E-state index contributed by atoms with van der Waals surface area (Å²) < 4.78 is 23.9. The van der Waals surface area contributed by atoms with Gasteiger partial charge in [-0.15, -0.1) is 0 Å². The number of benzene rings is 7. The average Bonchev–Trinajstić information content (AvgIpc) is 3.44. The molecule has 0 unspecified atom stereocenters. The molecule has 1 fully saturated rings. The largest absolute Gasteiger partial charge is 0.519 e. The summed E-state index contributed by atoms with van der Waals surface area (Å²) in [5.74, 6) is 1.94. The molecule has 7 aromatic carbocycles. The summed E-state index contributed by atoms with van der Waals surface area (Å²) in [4.78, 5) is 28.4. The topological polar surface area (TPSA) is 74.3 Å². The number of esters is 1. The summed E-state index contributed by atoms with van der Waals surface area (Å²) in [5, 5.41) is 0. The molecule has 77 heavy (non-hydrogen) atoms. The summed E-state index contributed by atoms with van der Waals surface area (Å²) in [6.07, 6.45) is 16.0. The third-order valence-corrected chi connectivity index (χ3v) is 15.5. The number of rotatable bonds is 22. The molecule has 0 aromatic heterocycles.